The lowest BCUT2D eigenvalue weighted by Crippen LogP contribution is -2.18. The lowest BCUT2D eigenvalue weighted by molar-refractivity contribution is 0.0698. The van der Waals surface area contributed by atoms with Gasteiger partial charge in [0.15, 0.2) is 0 Å². The predicted octanol–water partition coefficient (Wildman–Crippen LogP) is 1.52. The highest BCUT2D eigenvalue weighted by Gasteiger charge is 2.16. The van der Waals surface area contributed by atoms with Crippen LogP contribution in [0, 0.1) is 5.82 Å². The highest BCUT2D eigenvalue weighted by Crippen LogP contribution is 2.24. The van der Waals surface area contributed by atoms with Crippen LogP contribution in [-0.2, 0) is 0 Å². The minimum absolute atomic E-state index is 0.210. The molecule has 1 aromatic rings. The number of aromatic carboxylic acids is 1. The zero-order valence-corrected chi connectivity index (χ0v) is 10.3. The Morgan fingerprint density at radius 2 is 2.17 bits per heavy atom. The third kappa shape index (κ3) is 3.59. The molecule has 0 unspecified atom stereocenters. The van der Waals surface area contributed by atoms with E-state index in [9.17, 15) is 9.18 Å². The first-order valence-corrected chi connectivity index (χ1v) is 5.83. The van der Waals surface area contributed by atoms with Gasteiger partial charge >= 0.3 is 5.97 Å². The molecule has 5 N–H and O–H groups in total. The van der Waals surface area contributed by atoms with Crippen LogP contribution in [0.4, 0.5) is 15.8 Å². The molecule has 0 atom stereocenters. The fraction of sp³-hybridized carbons (Fsp3) is 0.417. The Kier molecular flexibility index (Phi) is 5.38. The Labute approximate surface area is 105 Å². The van der Waals surface area contributed by atoms with Gasteiger partial charge in [-0.2, -0.15) is 0 Å². The Bertz CT molecular complexity index is 424. The van der Waals surface area contributed by atoms with Crippen LogP contribution in [0.25, 0.3) is 0 Å². The van der Waals surface area contributed by atoms with E-state index in [0.29, 0.717) is 12.2 Å². The van der Waals surface area contributed by atoms with Gasteiger partial charge in [0.2, 0.25) is 0 Å². The number of hydrogen-bond acceptors (Lipinski definition) is 4. The van der Waals surface area contributed by atoms with Crippen LogP contribution in [0.5, 0.6) is 0 Å². The summed E-state index contributed by atoms with van der Waals surface area (Å²) in [4.78, 5) is 11.0. The maximum atomic E-state index is 13.2. The summed E-state index contributed by atoms with van der Waals surface area (Å²) in [5, 5.41) is 15.1. The second-order valence-corrected chi connectivity index (χ2v) is 3.82. The molecule has 0 aliphatic heterocycles. The first-order chi connectivity index (χ1) is 8.57. The molecule has 0 spiro atoms. The first-order valence-electron chi connectivity index (χ1n) is 5.83. The average Bonchev–Trinajstić information content (AvgIpc) is 2.33. The molecule has 0 fully saturated rings. The number of carboxylic acids is 1. The molecule has 0 saturated carbocycles. The van der Waals surface area contributed by atoms with Gasteiger partial charge in [0, 0.05) is 6.54 Å². The fourth-order valence-electron chi connectivity index (χ4n) is 1.59. The average molecular weight is 255 g/mol. The number of hydrogen-bond donors (Lipinski definition) is 4. The molecule has 0 aliphatic rings. The van der Waals surface area contributed by atoms with Crippen LogP contribution in [0.3, 0.4) is 0 Å². The lowest BCUT2D eigenvalue weighted by Gasteiger charge is -2.12. The second kappa shape index (κ2) is 6.80. The zero-order chi connectivity index (χ0) is 13.5. The van der Waals surface area contributed by atoms with Gasteiger partial charge < -0.3 is 21.5 Å². The summed E-state index contributed by atoms with van der Waals surface area (Å²) in [6.07, 6.45) is 0.837. The normalized spacial score (nSPS) is 10.3. The summed E-state index contributed by atoms with van der Waals surface area (Å²) in [6, 6.07) is 2.55. The standard InChI is InChI=1S/C12H18FN3O2/c1-2-15-6-3-7-16-9-5-4-8(13)11(14)10(9)12(17)18/h4-5,15-16H,2-3,6-7,14H2,1H3,(H,17,18). The van der Waals surface area contributed by atoms with Crippen molar-refractivity contribution in [2.75, 3.05) is 30.7 Å². The van der Waals surface area contributed by atoms with E-state index in [0.717, 1.165) is 25.6 Å². The van der Waals surface area contributed by atoms with E-state index in [1.54, 1.807) is 0 Å². The van der Waals surface area contributed by atoms with Crippen molar-refractivity contribution in [3.05, 3.63) is 23.5 Å². The minimum Gasteiger partial charge on any atom is -0.478 e. The van der Waals surface area contributed by atoms with Crippen molar-refractivity contribution < 1.29 is 14.3 Å². The highest BCUT2D eigenvalue weighted by molar-refractivity contribution is 6.00. The molecule has 6 heteroatoms. The van der Waals surface area contributed by atoms with Crippen molar-refractivity contribution in [3.8, 4) is 0 Å². The molecule has 0 bridgehead atoms. The van der Waals surface area contributed by atoms with Crippen molar-refractivity contribution in [2.45, 2.75) is 13.3 Å². The van der Waals surface area contributed by atoms with Crippen molar-refractivity contribution >= 4 is 17.3 Å². The summed E-state index contributed by atoms with van der Waals surface area (Å²) >= 11 is 0. The summed E-state index contributed by atoms with van der Waals surface area (Å²) < 4.78 is 13.2. The van der Waals surface area contributed by atoms with Crippen LogP contribution < -0.4 is 16.4 Å². The number of nitrogen functional groups attached to an aromatic ring is 1. The maximum Gasteiger partial charge on any atom is 0.340 e. The van der Waals surface area contributed by atoms with Gasteiger partial charge in [-0.15, -0.1) is 0 Å². The summed E-state index contributed by atoms with van der Waals surface area (Å²) in [5.41, 5.74) is 5.23. The van der Waals surface area contributed by atoms with Gasteiger partial charge in [-0.3, -0.25) is 0 Å². The van der Waals surface area contributed by atoms with Crippen LogP contribution in [-0.4, -0.2) is 30.7 Å². The molecule has 18 heavy (non-hydrogen) atoms. The predicted molar refractivity (Wildman–Crippen MR) is 69.4 cm³/mol. The van der Waals surface area contributed by atoms with Gasteiger partial charge in [-0.05, 0) is 31.6 Å². The molecule has 100 valence electrons. The SMILES string of the molecule is CCNCCCNc1ccc(F)c(N)c1C(=O)O. The summed E-state index contributed by atoms with van der Waals surface area (Å²) in [7, 11) is 0. The molecular weight excluding hydrogens is 237 g/mol. The molecule has 0 aliphatic carbocycles. The largest absolute Gasteiger partial charge is 0.478 e. The molecule has 0 amide bonds. The molecule has 5 nitrogen and oxygen atoms in total. The maximum absolute atomic E-state index is 13.2. The molecule has 0 radical (unpaired) electrons. The van der Waals surface area contributed by atoms with Crippen LogP contribution in [0.1, 0.15) is 23.7 Å². The molecule has 0 aromatic heterocycles. The number of nitrogens with one attached hydrogen (secondary N) is 2. The monoisotopic (exact) mass is 255 g/mol. The van der Waals surface area contributed by atoms with Crippen molar-refractivity contribution in [1.82, 2.24) is 5.32 Å². The van der Waals surface area contributed by atoms with Gasteiger partial charge in [0.25, 0.3) is 0 Å². The van der Waals surface area contributed by atoms with Crippen molar-refractivity contribution in [3.63, 3.8) is 0 Å². The zero-order valence-electron chi connectivity index (χ0n) is 10.3. The number of anilines is 2. The van der Waals surface area contributed by atoms with E-state index in [1.807, 2.05) is 6.92 Å². The second-order valence-electron chi connectivity index (χ2n) is 3.82. The smallest absolute Gasteiger partial charge is 0.340 e. The summed E-state index contributed by atoms with van der Waals surface area (Å²) in [5.74, 6) is -1.95. The van der Waals surface area contributed by atoms with Crippen LogP contribution in [0.2, 0.25) is 0 Å². The van der Waals surface area contributed by atoms with Crippen molar-refractivity contribution in [1.29, 1.82) is 0 Å². The van der Waals surface area contributed by atoms with Gasteiger partial charge in [0.1, 0.15) is 11.4 Å². The number of benzene rings is 1. The van der Waals surface area contributed by atoms with E-state index in [2.05, 4.69) is 10.6 Å². The van der Waals surface area contributed by atoms with Gasteiger partial charge in [-0.1, -0.05) is 6.92 Å². The third-order valence-electron chi connectivity index (χ3n) is 2.50. The van der Waals surface area contributed by atoms with Crippen LogP contribution in [0.15, 0.2) is 12.1 Å². The molecule has 0 saturated heterocycles. The molecule has 1 aromatic carbocycles. The minimum atomic E-state index is -1.24. The number of halogens is 1. The number of nitrogens with two attached hydrogens (primary N) is 1. The topological polar surface area (TPSA) is 87.4 Å². The Morgan fingerprint density at radius 1 is 1.44 bits per heavy atom. The number of carbonyl (C=O) groups is 1. The number of carboxylic acid groups (broad SMARTS) is 1. The first kappa shape index (κ1) is 14.2. The lowest BCUT2D eigenvalue weighted by atomic mass is 10.1. The van der Waals surface area contributed by atoms with Crippen molar-refractivity contribution in [2.24, 2.45) is 0 Å². The Balaban J connectivity index is 2.70. The quantitative estimate of drug-likeness (QED) is 0.438. The van der Waals surface area contributed by atoms with Gasteiger partial charge in [-0.25, -0.2) is 9.18 Å². The molecule has 1 rings (SSSR count). The summed E-state index contributed by atoms with van der Waals surface area (Å²) in [6.45, 7) is 4.33. The Hall–Kier alpha value is -1.82. The molecule has 0 heterocycles. The van der Waals surface area contributed by atoms with E-state index in [4.69, 9.17) is 10.8 Å². The Morgan fingerprint density at radius 3 is 2.78 bits per heavy atom. The molecular formula is C12H18FN3O2. The third-order valence-corrected chi connectivity index (χ3v) is 2.50. The highest BCUT2D eigenvalue weighted by atomic mass is 19.1. The van der Waals surface area contributed by atoms with E-state index < -0.39 is 11.8 Å². The van der Waals surface area contributed by atoms with E-state index in [1.165, 1.54) is 6.07 Å². The van der Waals surface area contributed by atoms with E-state index in [-0.39, 0.29) is 11.3 Å². The number of rotatable bonds is 7. The van der Waals surface area contributed by atoms with Gasteiger partial charge in [0.05, 0.1) is 11.4 Å². The van der Waals surface area contributed by atoms with Crippen LogP contribution >= 0.6 is 0 Å². The van der Waals surface area contributed by atoms with E-state index >= 15 is 0 Å². The fourth-order valence-corrected chi connectivity index (χ4v) is 1.59.